The van der Waals surface area contributed by atoms with Crippen molar-refractivity contribution in [1.82, 2.24) is 20.2 Å². The molecule has 0 radical (unpaired) electrons. The number of hydrogen-bond acceptors (Lipinski definition) is 9. The van der Waals surface area contributed by atoms with Gasteiger partial charge < -0.3 is 9.47 Å². The predicted molar refractivity (Wildman–Crippen MR) is 137 cm³/mol. The lowest BCUT2D eigenvalue weighted by molar-refractivity contribution is -0.137. The lowest BCUT2D eigenvalue weighted by Crippen LogP contribution is -2.49. The SMILES string of the molecule is C#C[C@H]1CC1c1nnc(NC(=O)c2cnc(N3CCOC4(CC4)C3=O)cc2-c2cc(C(F)F)ncc2OC)s1. The summed E-state index contributed by atoms with van der Waals surface area (Å²) in [6.45, 7) is 0.599. The maximum atomic E-state index is 13.6. The average Bonchev–Trinajstić information content (AvgIpc) is 3.86. The minimum Gasteiger partial charge on any atom is -0.494 e. The first-order chi connectivity index (χ1) is 18.8. The Balaban J connectivity index is 1.39. The number of halogens is 2. The van der Waals surface area contributed by atoms with Gasteiger partial charge >= 0.3 is 0 Å². The molecule has 3 aromatic heterocycles. The van der Waals surface area contributed by atoms with E-state index in [9.17, 15) is 18.4 Å². The van der Waals surface area contributed by atoms with E-state index in [0.717, 1.165) is 11.4 Å². The quantitative estimate of drug-likeness (QED) is 0.440. The Morgan fingerprint density at radius 2 is 2.10 bits per heavy atom. The van der Waals surface area contributed by atoms with Gasteiger partial charge in [0.15, 0.2) is 0 Å². The Kier molecular flexibility index (Phi) is 6.23. The van der Waals surface area contributed by atoms with Crippen molar-refractivity contribution < 1.29 is 27.8 Å². The zero-order chi connectivity index (χ0) is 27.3. The van der Waals surface area contributed by atoms with Gasteiger partial charge in [-0.05, 0) is 31.4 Å². The summed E-state index contributed by atoms with van der Waals surface area (Å²) >= 11 is 1.22. The van der Waals surface area contributed by atoms with Gasteiger partial charge in [-0.1, -0.05) is 11.3 Å². The third-order valence-electron chi connectivity index (χ3n) is 7.05. The van der Waals surface area contributed by atoms with E-state index in [2.05, 4.69) is 31.4 Å². The molecule has 2 atom stereocenters. The first kappa shape index (κ1) is 25.3. The van der Waals surface area contributed by atoms with Crippen LogP contribution >= 0.6 is 11.3 Å². The second kappa shape index (κ2) is 9.62. The summed E-state index contributed by atoms with van der Waals surface area (Å²) in [5.74, 6) is 2.58. The third-order valence-corrected chi connectivity index (χ3v) is 8.02. The van der Waals surface area contributed by atoms with E-state index in [1.54, 1.807) is 0 Å². The highest BCUT2D eigenvalue weighted by Crippen LogP contribution is 2.48. The van der Waals surface area contributed by atoms with Crippen LogP contribution in [0.2, 0.25) is 0 Å². The van der Waals surface area contributed by atoms with Crippen molar-refractivity contribution in [2.24, 2.45) is 5.92 Å². The average molecular weight is 553 g/mol. The molecule has 2 saturated carbocycles. The van der Waals surface area contributed by atoms with Crippen LogP contribution in [0.3, 0.4) is 0 Å². The van der Waals surface area contributed by atoms with Crippen LogP contribution in [-0.2, 0) is 9.53 Å². The molecular weight excluding hydrogens is 530 g/mol. The van der Waals surface area contributed by atoms with Crippen LogP contribution in [0.5, 0.6) is 5.75 Å². The van der Waals surface area contributed by atoms with E-state index in [4.69, 9.17) is 15.9 Å². The van der Waals surface area contributed by atoms with Crippen molar-refractivity contribution >= 4 is 34.1 Å². The second-order valence-corrected chi connectivity index (χ2v) is 10.5. The number of alkyl halides is 2. The lowest BCUT2D eigenvalue weighted by Gasteiger charge is -2.32. The molecule has 39 heavy (non-hydrogen) atoms. The van der Waals surface area contributed by atoms with Crippen LogP contribution < -0.4 is 15.0 Å². The highest BCUT2D eigenvalue weighted by atomic mass is 32.1. The van der Waals surface area contributed by atoms with Crippen molar-refractivity contribution in [1.29, 1.82) is 0 Å². The standard InChI is InChI=1S/C26H22F2N6O4S/c1-3-13-8-14(13)23-32-33-25(39-23)31-22(35)17-11-30-20(34-6-7-38-26(4-5-26)24(34)36)10-15(17)16-9-18(21(27)28)29-12-19(16)37-2/h1,9-14,21H,4-8H2,2H3,(H,31,33,35)/t13-,14?/m0/s1. The molecule has 1 unspecified atom stereocenters. The maximum Gasteiger partial charge on any atom is 0.280 e. The van der Waals surface area contributed by atoms with E-state index >= 15 is 0 Å². The van der Waals surface area contributed by atoms with Crippen LogP contribution in [0.25, 0.3) is 11.1 Å². The molecule has 1 spiro atoms. The van der Waals surface area contributed by atoms with E-state index in [1.807, 2.05) is 0 Å². The Bertz CT molecular complexity index is 1520. The van der Waals surface area contributed by atoms with Crippen molar-refractivity contribution in [2.45, 2.75) is 37.2 Å². The van der Waals surface area contributed by atoms with Gasteiger partial charge in [-0.25, -0.2) is 13.8 Å². The van der Waals surface area contributed by atoms with Gasteiger partial charge in [0, 0.05) is 29.2 Å². The highest BCUT2D eigenvalue weighted by molar-refractivity contribution is 7.15. The van der Waals surface area contributed by atoms with Crippen molar-refractivity contribution in [3.63, 3.8) is 0 Å². The number of morpholine rings is 1. The van der Waals surface area contributed by atoms with Gasteiger partial charge in [-0.15, -0.1) is 22.5 Å². The molecule has 2 aliphatic carbocycles. The van der Waals surface area contributed by atoms with E-state index in [1.165, 1.54) is 47.9 Å². The van der Waals surface area contributed by atoms with Crippen LogP contribution in [0.1, 0.15) is 52.7 Å². The number of methoxy groups -OCH3 is 1. The van der Waals surface area contributed by atoms with Crippen LogP contribution in [0, 0.1) is 18.3 Å². The maximum absolute atomic E-state index is 13.6. The van der Waals surface area contributed by atoms with E-state index in [-0.39, 0.29) is 57.7 Å². The summed E-state index contributed by atoms with van der Waals surface area (Å²) in [6, 6.07) is 2.69. The Morgan fingerprint density at radius 3 is 2.79 bits per heavy atom. The molecule has 2 amide bonds. The number of terminal acetylenes is 1. The highest BCUT2D eigenvalue weighted by Gasteiger charge is 2.55. The minimum absolute atomic E-state index is 0.0648. The molecule has 200 valence electrons. The smallest absolute Gasteiger partial charge is 0.280 e. The first-order valence-corrected chi connectivity index (χ1v) is 13.0. The number of ether oxygens (including phenoxy) is 2. The number of rotatable bonds is 7. The summed E-state index contributed by atoms with van der Waals surface area (Å²) in [5.41, 5.74) is -0.817. The van der Waals surface area contributed by atoms with Gasteiger partial charge in [0.2, 0.25) is 5.13 Å². The zero-order valence-electron chi connectivity index (χ0n) is 20.7. The van der Waals surface area contributed by atoms with Gasteiger partial charge in [-0.2, -0.15) is 0 Å². The number of nitrogens with zero attached hydrogens (tertiary/aromatic N) is 5. The van der Waals surface area contributed by atoms with E-state index in [0.29, 0.717) is 19.4 Å². The number of anilines is 2. The Labute approximate surface area is 225 Å². The van der Waals surface area contributed by atoms with Gasteiger partial charge in [0.25, 0.3) is 18.2 Å². The number of amides is 2. The van der Waals surface area contributed by atoms with Gasteiger partial charge in [-0.3, -0.25) is 24.8 Å². The number of pyridine rings is 2. The summed E-state index contributed by atoms with van der Waals surface area (Å²) < 4.78 is 38.3. The molecule has 0 bridgehead atoms. The fraction of sp³-hybridized carbons (Fsp3) is 0.385. The van der Waals surface area contributed by atoms with Gasteiger partial charge in [0.05, 0.1) is 32.0 Å². The number of hydrogen-bond donors (Lipinski definition) is 1. The fourth-order valence-electron chi connectivity index (χ4n) is 4.63. The molecular formula is C26H22F2N6O4S. The molecule has 1 saturated heterocycles. The first-order valence-electron chi connectivity index (χ1n) is 12.2. The molecule has 3 fully saturated rings. The summed E-state index contributed by atoms with van der Waals surface area (Å²) in [5, 5.41) is 11.9. The predicted octanol–water partition coefficient (Wildman–Crippen LogP) is 3.83. The zero-order valence-corrected chi connectivity index (χ0v) is 21.5. The Hall–Kier alpha value is -4.02. The number of carbonyl (C=O) groups is 2. The monoisotopic (exact) mass is 552 g/mol. The van der Waals surface area contributed by atoms with E-state index < -0.39 is 23.6 Å². The number of carbonyl (C=O) groups excluding carboxylic acids is 2. The summed E-state index contributed by atoms with van der Waals surface area (Å²) in [7, 11) is 1.37. The molecule has 3 aromatic rings. The molecule has 1 aliphatic heterocycles. The molecule has 6 rings (SSSR count). The van der Waals surface area contributed by atoms with Crippen molar-refractivity contribution in [3.8, 4) is 29.2 Å². The molecule has 4 heterocycles. The van der Waals surface area contributed by atoms with Crippen LogP contribution in [0.4, 0.5) is 19.7 Å². The van der Waals surface area contributed by atoms with Crippen LogP contribution in [-0.4, -0.2) is 57.8 Å². The summed E-state index contributed by atoms with van der Waals surface area (Å²) in [6.07, 6.45) is 7.18. The number of nitrogens with one attached hydrogen (secondary N) is 1. The van der Waals surface area contributed by atoms with Crippen molar-refractivity contribution in [2.75, 3.05) is 30.5 Å². The molecule has 10 nitrogen and oxygen atoms in total. The fourth-order valence-corrected chi connectivity index (χ4v) is 5.55. The molecule has 3 aliphatic rings. The Morgan fingerprint density at radius 1 is 1.28 bits per heavy atom. The topological polar surface area (TPSA) is 119 Å². The third kappa shape index (κ3) is 4.59. The molecule has 1 N–H and O–H groups in total. The number of aromatic nitrogens is 4. The second-order valence-electron chi connectivity index (χ2n) is 9.51. The summed E-state index contributed by atoms with van der Waals surface area (Å²) in [4.78, 5) is 36.2. The minimum atomic E-state index is -2.85. The van der Waals surface area contributed by atoms with Crippen LogP contribution in [0.15, 0.2) is 24.5 Å². The van der Waals surface area contributed by atoms with Crippen molar-refractivity contribution in [3.05, 3.63) is 40.8 Å². The van der Waals surface area contributed by atoms with Gasteiger partial charge in [0.1, 0.15) is 27.9 Å². The normalized spacial score (nSPS) is 21.1. The lowest BCUT2D eigenvalue weighted by atomic mass is 9.99. The molecule has 13 heteroatoms. The molecule has 0 aromatic carbocycles. The largest absolute Gasteiger partial charge is 0.494 e.